The van der Waals surface area contributed by atoms with E-state index in [2.05, 4.69) is 104 Å². The van der Waals surface area contributed by atoms with Gasteiger partial charge in [-0.2, -0.15) is 0 Å². The second kappa shape index (κ2) is 8.27. The van der Waals surface area contributed by atoms with Crippen LogP contribution in [0.1, 0.15) is 17.0 Å². The Morgan fingerprint density at radius 2 is 1.28 bits per heavy atom. The van der Waals surface area contributed by atoms with Crippen LogP contribution in [0, 0.1) is 13.8 Å². The summed E-state index contributed by atoms with van der Waals surface area (Å²) in [5.74, 6) is 0.833. The van der Waals surface area contributed by atoms with Crippen LogP contribution in [0.25, 0.3) is 33.3 Å². The number of aromatic nitrogens is 2. The maximum atomic E-state index is 5.05. The lowest BCUT2D eigenvalue weighted by Gasteiger charge is -2.10. The van der Waals surface area contributed by atoms with E-state index in [4.69, 9.17) is 9.98 Å². The van der Waals surface area contributed by atoms with Crippen LogP contribution in [0.2, 0.25) is 0 Å². The normalized spacial score (nSPS) is 11.5. The number of benzene rings is 4. The van der Waals surface area contributed by atoms with Crippen molar-refractivity contribution in [3.63, 3.8) is 0 Å². The fraction of sp³-hybridized carbons (Fsp3) is 0.103. The third-order valence-electron chi connectivity index (χ3n) is 5.76. The van der Waals surface area contributed by atoms with Gasteiger partial charge in [-0.05, 0) is 48.2 Å². The standard InChI is InChI=1S/C29H25N3/c1-20-16-21(2)18-24(17-20)30-19-27-31-28-25(22-10-6-4-7-11-22)14-15-26(29(28)32(27)3)23-12-8-5-9-13-23/h4-19H,1-3H3/b30-19+. The molecule has 0 saturated carbocycles. The number of hydrogen-bond acceptors (Lipinski definition) is 2. The van der Waals surface area contributed by atoms with E-state index in [-0.39, 0.29) is 0 Å². The molecule has 1 heterocycles. The first kappa shape index (κ1) is 20.0. The van der Waals surface area contributed by atoms with E-state index in [0.29, 0.717) is 0 Å². The summed E-state index contributed by atoms with van der Waals surface area (Å²) in [5.41, 5.74) is 10.1. The van der Waals surface area contributed by atoms with E-state index in [0.717, 1.165) is 33.7 Å². The zero-order valence-electron chi connectivity index (χ0n) is 18.6. The van der Waals surface area contributed by atoms with Gasteiger partial charge in [0.1, 0.15) is 0 Å². The van der Waals surface area contributed by atoms with E-state index in [1.807, 2.05) is 18.3 Å². The van der Waals surface area contributed by atoms with Gasteiger partial charge in [0.2, 0.25) is 0 Å². The van der Waals surface area contributed by atoms with Crippen molar-refractivity contribution in [2.75, 3.05) is 0 Å². The van der Waals surface area contributed by atoms with Crippen molar-refractivity contribution in [2.45, 2.75) is 13.8 Å². The largest absolute Gasteiger partial charge is 0.326 e. The molecule has 0 saturated heterocycles. The van der Waals surface area contributed by atoms with Crippen LogP contribution in [-0.2, 0) is 7.05 Å². The van der Waals surface area contributed by atoms with Gasteiger partial charge >= 0.3 is 0 Å². The van der Waals surface area contributed by atoms with Gasteiger partial charge in [-0.15, -0.1) is 0 Å². The fourth-order valence-corrected chi connectivity index (χ4v) is 4.31. The molecule has 0 aliphatic rings. The molecule has 0 aliphatic carbocycles. The Bertz CT molecular complexity index is 1410. The Labute approximate surface area is 188 Å². The monoisotopic (exact) mass is 415 g/mol. The van der Waals surface area contributed by atoms with Crippen molar-refractivity contribution < 1.29 is 0 Å². The first-order chi connectivity index (χ1) is 15.6. The molecular weight excluding hydrogens is 390 g/mol. The number of rotatable bonds is 4. The van der Waals surface area contributed by atoms with Crippen LogP contribution in [0.5, 0.6) is 0 Å². The molecule has 3 heteroatoms. The van der Waals surface area contributed by atoms with Crippen molar-refractivity contribution in [3.8, 4) is 22.3 Å². The fourth-order valence-electron chi connectivity index (χ4n) is 4.31. The summed E-state index contributed by atoms with van der Waals surface area (Å²) >= 11 is 0. The Hall–Kier alpha value is -3.98. The van der Waals surface area contributed by atoms with Crippen LogP contribution in [0.15, 0.2) is 96.0 Å². The van der Waals surface area contributed by atoms with E-state index in [1.54, 1.807) is 0 Å². The first-order valence-corrected chi connectivity index (χ1v) is 10.8. The van der Waals surface area contributed by atoms with E-state index < -0.39 is 0 Å². The topological polar surface area (TPSA) is 30.2 Å². The van der Waals surface area contributed by atoms with Crippen molar-refractivity contribution in [1.29, 1.82) is 0 Å². The summed E-state index contributed by atoms with van der Waals surface area (Å²) in [5, 5.41) is 0. The summed E-state index contributed by atoms with van der Waals surface area (Å²) in [6, 6.07) is 31.7. The van der Waals surface area contributed by atoms with Gasteiger partial charge in [-0.1, -0.05) is 78.9 Å². The van der Waals surface area contributed by atoms with E-state index in [9.17, 15) is 0 Å². The minimum absolute atomic E-state index is 0.833. The SMILES string of the molecule is Cc1cc(C)cc(/N=C/c2nc3c(-c4ccccc4)ccc(-c4ccccc4)c3n2C)c1. The first-order valence-electron chi connectivity index (χ1n) is 10.8. The quantitative estimate of drug-likeness (QED) is 0.284. The molecule has 1 aromatic heterocycles. The van der Waals surface area contributed by atoms with Crippen LogP contribution in [0.4, 0.5) is 5.69 Å². The highest BCUT2D eigenvalue weighted by molar-refractivity contribution is 6.03. The lowest BCUT2D eigenvalue weighted by Crippen LogP contribution is -1.97. The second-order valence-electron chi connectivity index (χ2n) is 8.22. The molecule has 0 amide bonds. The molecule has 32 heavy (non-hydrogen) atoms. The Morgan fingerprint density at radius 3 is 1.91 bits per heavy atom. The van der Waals surface area contributed by atoms with E-state index in [1.165, 1.54) is 22.3 Å². The molecule has 0 fully saturated rings. The molecule has 0 radical (unpaired) electrons. The van der Waals surface area contributed by atoms with Gasteiger partial charge in [0.05, 0.1) is 22.9 Å². The number of nitrogens with zero attached hydrogens (tertiary/aromatic N) is 3. The average molecular weight is 416 g/mol. The molecule has 156 valence electrons. The maximum absolute atomic E-state index is 5.05. The average Bonchev–Trinajstić information content (AvgIpc) is 3.14. The van der Waals surface area contributed by atoms with Crippen LogP contribution in [0.3, 0.4) is 0 Å². The molecule has 0 bridgehead atoms. The molecule has 3 nitrogen and oxygen atoms in total. The van der Waals surface area contributed by atoms with Gasteiger partial charge in [-0.25, -0.2) is 4.98 Å². The Kier molecular flexibility index (Phi) is 5.16. The minimum Gasteiger partial charge on any atom is -0.326 e. The maximum Gasteiger partial charge on any atom is 0.152 e. The molecule has 0 N–H and O–H groups in total. The highest BCUT2D eigenvalue weighted by atomic mass is 15.1. The third-order valence-corrected chi connectivity index (χ3v) is 5.76. The van der Waals surface area contributed by atoms with Crippen molar-refractivity contribution >= 4 is 22.9 Å². The minimum atomic E-state index is 0.833. The summed E-state index contributed by atoms with van der Waals surface area (Å²) in [6.45, 7) is 4.19. The Morgan fingerprint density at radius 1 is 0.719 bits per heavy atom. The van der Waals surface area contributed by atoms with Gasteiger partial charge in [0, 0.05) is 18.2 Å². The van der Waals surface area contributed by atoms with Crippen molar-refractivity contribution in [2.24, 2.45) is 12.0 Å². The van der Waals surface area contributed by atoms with Crippen LogP contribution in [-0.4, -0.2) is 15.8 Å². The second-order valence-corrected chi connectivity index (χ2v) is 8.22. The molecule has 0 spiro atoms. The van der Waals surface area contributed by atoms with E-state index >= 15 is 0 Å². The Balaban J connectivity index is 1.71. The molecule has 5 rings (SSSR count). The molecule has 0 aliphatic heterocycles. The predicted octanol–water partition coefficient (Wildman–Crippen LogP) is 7.27. The highest BCUT2D eigenvalue weighted by Crippen LogP contribution is 2.35. The summed E-state index contributed by atoms with van der Waals surface area (Å²) in [6.07, 6.45) is 1.87. The van der Waals surface area contributed by atoms with Crippen LogP contribution >= 0.6 is 0 Å². The van der Waals surface area contributed by atoms with Gasteiger partial charge < -0.3 is 4.57 Å². The number of hydrogen-bond donors (Lipinski definition) is 0. The number of aliphatic imine (C=N–C) groups is 1. The molecule has 0 unspecified atom stereocenters. The summed E-state index contributed by atoms with van der Waals surface area (Å²) in [4.78, 5) is 9.80. The smallest absolute Gasteiger partial charge is 0.152 e. The molecule has 5 aromatic rings. The molecule has 0 atom stereocenters. The molecular formula is C29H25N3. The van der Waals surface area contributed by atoms with Crippen molar-refractivity contribution in [3.05, 3.63) is 108 Å². The zero-order valence-corrected chi connectivity index (χ0v) is 18.6. The van der Waals surface area contributed by atoms with Crippen molar-refractivity contribution in [1.82, 2.24) is 9.55 Å². The van der Waals surface area contributed by atoms with Gasteiger partial charge in [0.15, 0.2) is 5.82 Å². The number of imidazole rings is 1. The summed E-state index contributed by atoms with van der Waals surface area (Å²) < 4.78 is 2.15. The lowest BCUT2D eigenvalue weighted by molar-refractivity contribution is 0.935. The predicted molar refractivity (Wildman–Crippen MR) is 135 cm³/mol. The third kappa shape index (κ3) is 3.74. The van der Waals surface area contributed by atoms with Gasteiger partial charge in [0.25, 0.3) is 0 Å². The number of fused-ring (bicyclic) bond motifs is 1. The lowest BCUT2D eigenvalue weighted by atomic mass is 9.98. The zero-order chi connectivity index (χ0) is 22.1. The number of aryl methyl sites for hydroxylation is 3. The van der Waals surface area contributed by atoms with Crippen LogP contribution < -0.4 is 0 Å². The highest BCUT2D eigenvalue weighted by Gasteiger charge is 2.16. The summed E-state index contributed by atoms with van der Waals surface area (Å²) in [7, 11) is 2.07. The van der Waals surface area contributed by atoms with Gasteiger partial charge in [-0.3, -0.25) is 4.99 Å². The molecule has 4 aromatic carbocycles.